The minimum absolute atomic E-state index is 0.132. The van der Waals surface area contributed by atoms with E-state index in [9.17, 15) is 14.9 Å². The molecule has 1 fully saturated rings. The third-order valence-electron chi connectivity index (χ3n) is 3.63. The fraction of sp³-hybridized carbons (Fsp3) is 0.500. The zero-order valence-electron chi connectivity index (χ0n) is 11.7. The van der Waals surface area contributed by atoms with Gasteiger partial charge in [0.15, 0.2) is 5.75 Å². The molecule has 1 amide bonds. The van der Waals surface area contributed by atoms with E-state index >= 15 is 0 Å². The summed E-state index contributed by atoms with van der Waals surface area (Å²) >= 11 is 3.57. The Balaban J connectivity index is 2.09. The topological polar surface area (TPSA) is 81.5 Å². The highest BCUT2D eigenvalue weighted by atomic mass is 79.9. The molecule has 1 aliphatic rings. The number of hydrogen-bond donors (Lipinski definition) is 1. The summed E-state index contributed by atoms with van der Waals surface area (Å²) in [6.07, 6.45) is 3.88. The van der Waals surface area contributed by atoms with Crippen LogP contribution in [0.15, 0.2) is 18.2 Å². The Bertz CT molecular complexity index is 542. The number of benzene rings is 1. The van der Waals surface area contributed by atoms with E-state index in [0.717, 1.165) is 25.7 Å². The van der Waals surface area contributed by atoms with Gasteiger partial charge in [0, 0.05) is 22.5 Å². The lowest BCUT2D eigenvalue weighted by molar-refractivity contribution is -0.385. The van der Waals surface area contributed by atoms with Crippen LogP contribution in [0.2, 0.25) is 0 Å². The summed E-state index contributed by atoms with van der Waals surface area (Å²) in [4.78, 5) is 23.1. The van der Waals surface area contributed by atoms with Gasteiger partial charge in [-0.15, -0.1) is 0 Å². The van der Waals surface area contributed by atoms with E-state index in [-0.39, 0.29) is 28.9 Å². The highest BCUT2D eigenvalue weighted by Gasteiger charge is 2.23. The molecule has 0 bridgehead atoms. The fourth-order valence-electron chi connectivity index (χ4n) is 2.44. The number of amides is 1. The van der Waals surface area contributed by atoms with Crippen molar-refractivity contribution in [3.05, 3.63) is 33.9 Å². The third kappa shape index (κ3) is 3.93. The summed E-state index contributed by atoms with van der Waals surface area (Å²) in [5.41, 5.74) is 0.0813. The van der Waals surface area contributed by atoms with Gasteiger partial charge in [-0.25, -0.2) is 0 Å². The number of halogens is 1. The molecule has 114 valence electrons. The van der Waals surface area contributed by atoms with Crippen LogP contribution < -0.4 is 10.1 Å². The van der Waals surface area contributed by atoms with Crippen molar-refractivity contribution in [3.8, 4) is 5.75 Å². The van der Waals surface area contributed by atoms with Crippen molar-refractivity contribution >= 4 is 27.5 Å². The van der Waals surface area contributed by atoms with Gasteiger partial charge in [0.25, 0.3) is 5.91 Å². The van der Waals surface area contributed by atoms with Crippen LogP contribution in [0.25, 0.3) is 0 Å². The van der Waals surface area contributed by atoms with E-state index in [2.05, 4.69) is 21.2 Å². The van der Waals surface area contributed by atoms with Gasteiger partial charge in [-0.2, -0.15) is 0 Å². The Morgan fingerprint density at radius 3 is 2.62 bits per heavy atom. The normalized spacial score (nSPS) is 21.6. The van der Waals surface area contributed by atoms with Crippen molar-refractivity contribution in [1.82, 2.24) is 5.32 Å². The average molecular weight is 357 g/mol. The maximum Gasteiger partial charge on any atom is 0.311 e. The zero-order chi connectivity index (χ0) is 15.4. The quantitative estimate of drug-likeness (QED) is 0.510. The lowest BCUT2D eigenvalue weighted by Crippen LogP contribution is -2.37. The Hall–Kier alpha value is -1.63. The molecule has 0 heterocycles. The Labute approximate surface area is 131 Å². The lowest BCUT2D eigenvalue weighted by atomic mass is 9.95. The smallest absolute Gasteiger partial charge is 0.311 e. The second-order valence-electron chi connectivity index (χ2n) is 5.07. The molecule has 21 heavy (non-hydrogen) atoms. The van der Waals surface area contributed by atoms with Crippen LogP contribution in [0.5, 0.6) is 5.75 Å². The van der Waals surface area contributed by atoms with Crippen LogP contribution in [0, 0.1) is 10.1 Å². The van der Waals surface area contributed by atoms with E-state index in [0.29, 0.717) is 4.83 Å². The zero-order valence-corrected chi connectivity index (χ0v) is 13.3. The molecule has 2 rings (SSSR count). The molecule has 1 saturated carbocycles. The van der Waals surface area contributed by atoms with Gasteiger partial charge in [0.05, 0.1) is 12.0 Å². The number of nitrogens with one attached hydrogen (secondary N) is 1. The fourth-order valence-corrected chi connectivity index (χ4v) is 2.97. The van der Waals surface area contributed by atoms with E-state index in [1.807, 2.05) is 0 Å². The molecule has 7 heteroatoms. The van der Waals surface area contributed by atoms with E-state index in [1.165, 1.54) is 25.3 Å². The van der Waals surface area contributed by atoms with Crippen LogP contribution in [-0.2, 0) is 0 Å². The van der Waals surface area contributed by atoms with Crippen molar-refractivity contribution in [1.29, 1.82) is 0 Å². The lowest BCUT2D eigenvalue weighted by Gasteiger charge is -2.26. The number of ether oxygens (including phenoxy) is 1. The summed E-state index contributed by atoms with van der Waals surface area (Å²) in [5, 5.41) is 13.9. The molecule has 0 unspecified atom stereocenters. The number of nitro groups is 1. The van der Waals surface area contributed by atoms with Gasteiger partial charge < -0.3 is 10.1 Å². The molecule has 1 aromatic carbocycles. The first-order valence-electron chi connectivity index (χ1n) is 6.78. The highest BCUT2D eigenvalue weighted by Crippen LogP contribution is 2.28. The predicted octanol–water partition coefficient (Wildman–Crippen LogP) is 3.04. The molecule has 1 aliphatic carbocycles. The molecule has 1 aromatic rings. The summed E-state index contributed by atoms with van der Waals surface area (Å²) in [6.45, 7) is 0. The van der Waals surface area contributed by atoms with Crippen LogP contribution >= 0.6 is 15.9 Å². The number of hydrogen-bond acceptors (Lipinski definition) is 4. The molecule has 0 aliphatic heterocycles. The number of carbonyl (C=O) groups is 1. The number of alkyl halides is 1. The largest absolute Gasteiger partial charge is 0.490 e. The highest BCUT2D eigenvalue weighted by molar-refractivity contribution is 9.09. The average Bonchev–Trinajstić information content (AvgIpc) is 2.48. The van der Waals surface area contributed by atoms with Gasteiger partial charge >= 0.3 is 5.69 Å². The maximum absolute atomic E-state index is 12.2. The first-order valence-corrected chi connectivity index (χ1v) is 7.70. The summed E-state index contributed by atoms with van der Waals surface area (Å²) in [5.74, 6) is -0.130. The summed E-state index contributed by atoms with van der Waals surface area (Å²) in [6, 6.07) is 4.37. The molecule has 6 nitrogen and oxygen atoms in total. The van der Waals surface area contributed by atoms with Gasteiger partial charge in [0.1, 0.15) is 0 Å². The van der Waals surface area contributed by atoms with E-state index in [1.54, 1.807) is 0 Å². The van der Waals surface area contributed by atoms with Gasteiger partial charge in [-0.1, -0.05) is 15.9 Å². The SMILES string of the molecule is COc1ccc(C(=O)NC2CCC(Br)CC2)cc1[N+](=O)[O-]. The number of rotatable bonds is 4. The molecule has 1 N–H and O–H groups in total. The maximum atomic E-state index is 12.2. The second-order valence-corrected chi connectivity index (χ2v) is 6.36. The van der Waals surface area contributed by atoms with Crippen LogP contribution in [0.3, 0.4) is 0 Å². The molecule has 0 saturated heterocycles. The van der Waals surface area contributed by atoms with Gasteiger partial charge in [0.2, 0.25) is 0 Å². The van der Waals surface area contributed by atoms with Gasteiger partial charge in [-0.3, -0.25) is 14.9 Å². The Morgan fingerprint density at radius 1 is 1.38 bits per heavy atom. The van der Waals surface area contributed by atoms with Crippen molar-refractivity contribution in [2.75, 3.05) is 7.11 Å². The van der Waals surface area contributed by atoms with Crippen molar-refractivity contribution in [2.45, 2.75) is 36.6 Å². The van der Waals surface area contributed by atoms with Crippen molar-refractivity contribution < 1.29 is 14.5 Å². The van der Waals surface area contributed by atoms with E-state index < -0.39 is 4.92 Å². The first kappa shape index (κ1) is 15.8. The standard InChI is InChI=1S/C14H17BrN2O4/c1-21-13-7-2-9(8-12(13)17(19)20)14(18)16-11-5-3-10(15)4-6-11/h2,7-8,10-11H,3-6H2,1H3,(H,16,18). The van der Waals surface area contributed by atoms with Crippen LogP contribution in [0.4, 0.5) is 5.69 Å². The first-order chi connectivity index (χ1) is 10.0. The molecular formula is C14H17BrN2O4. The van der Waals surface area contributed by atoms with Gasteiger partial charge in [-0.05, 0) is 37.8 Å². The molecule has 0 spiro atoms. The molecule has 0 aromatic heterocycles. The predicted molar refractivity (Wildman–Crippen MR) is 82.1 cm³/mol. The Morgan fingerprint density at radius 2 is 2.05 bits per heavy atom. The number of methoxy groups -OCH3 is 1. The molecule has 0 atom stereocenters. The minimum Gasteiger partial charge on any atom is -0.490 e. The summed E-state index contributed by atoms with van der Waals surface area (Å²) in [7, 11) is 1.36. The third-order valence-corrected chi connectivity index (χ3v) is 4.55. The molecular weight excluding hydrogens is 340 g/mol. The molecule has 0 radical (unpaired) electrons. The van der Waals surface area contributed by atoms with Crippen LogP contribution in [-0.4, -0.2) is 28.8 Å². The Kier molecular flexibility index (Phi) is 5.17. The summed E-state index contributed by atoms with van der Waals surface area (Å²) < 4.78 is 4.92. The second kappa shape index (κ2) is 6.89. The number of nitrogens with zero attached hydrogens (tertiary/aromatic N) is 1. The van der Waals surface area contributed by atoms with Crippen LogP contribution in [0.1, 0.15) is 36.0 Å². The van der Waals surface area contributed by atoms with Crippen molar-refractivity contribution in [3.63, 3.8) is 0 Å². The number of carbonyl (C=O) groups excluding carboxylic acids is 1. The monoisotopic (exact) mass is 356 g/mol. The minimum atomic E-state index is -0.550. The van der Waals surface area contributed by atoms with E-state index in [4.69, 9.17) is 4.74 Å². The number of nitro benzene ring substituents is 1. The van der Waals surface area contributed by atoms with Crippen molar-refractivity contribution in [2.24, 2.45) is 0 Å².